The van der Waals surface area contributed by atoms with E-state index >= 15 is 0 Å². The summed E-state index contributed by atoms with van der Waals surface area (Å²) in [6.07, 6.45) is 3.04. The van der Waals surface area contributed by atoms with Crippen molar-refractivity contribution in [2.75, 3.05) is 0 Å². The Morgan fingerprint density at radius 3 is 2.17 bits per heavy atom. The van der Waals surface area contributed by atoms with Crippen LogP contribution in [0.5, 0.6) is 0 Å². The summed E-state index contributed by atoms with van der Waals surface area (Å²) in [7, 11) is -3.57. The Morgan fingerprint density at radius 1 is 1.17 bits per heavy atom. The van der Waals surface area contributed by atoms with E-state index in [9.17, 15) is 8.42 Å². The van der Waals surface area contributed by atoms with Crippen molar-refractivity contribution in [3.05, 3.63) is 66.4 Å². The molecule has 0 unspecified atom stereocenters. The van der Waals surface area contributed by atoms with Crippen molar-refractivity contribution in [1.82, 2.24) is 4.72 Å². The lowest BCUT2D eigenvalue weighted by Gasteiger charge is -2.10. The smallest absolute Gasteiger partial charge is 0.261 e. The zero-order valence-corrected chi connectivity index (χ0v) is 11.4. The maximum absolute atomic E-state index is 12.1. The molecule has 0 aliphatic carbocycles. The first-order chi connectivity index (χ1) is 8.40. The van der Waals surface area contributed by atoms with Crippen molar-refractivity contribution in [3.63, 3.8) is 0 Å². The third-order valence-corrected chi connectivity index (χ3v) is 3.89. The van der Waals surface area contributed by atoms with Gasteiger partial charge in [-0.25, -0.2) is 8.42 Å². The molecule has 3 nitrogen and oxygen atoms in total. The number of hydrogen-bond donors (Lipinski definition) is 1. The molecular weight excluding hydrogens is 246 g/mol. The number of hydrogen-bond acceptors (Lipinski definition) is 2. The van der Waals surface area contributed by atoms with Crippen molar-refractivity contribution in [3.8, 4) is 0 Å². The molecule has 96 valence electrons. The summed E-state index contributed by atoms with van der Waals surface area (Å²) < 4.78 is 26.7. The second-order valence-electron chi connectivity index (χ2n) is 3.92. The van der Waals surface area contributed by atoms with Gasteiger partial charge in [-0.3, -0.25) is 4.72 Å². The second-order valence-corrected chi connectivity index (χ2v) is 5.61. The molecule has 0 radical (unpaired) electrons. The summed E-state index contributed by atoms with van der Waals surface area (Å²) in [5, 5.41) is 0. The number of aryl methyl sites for hydroxylation is 1. The highest BCUT2D eigenvalue weighted by atomic mass is 32.2. The van der Waals surface area contributed by atoms with Crippen LogP contribution < -0.4 is 4.72 Å². The lowest BCUT2D eigenvalue weighted by molar-refractivity contribution is 0.589. The van der Waals surface area contributed by atoms with E-state index in [1.165, 1.54) is 6.08 Å². The fraction of sp³-hybridized carbons (Fsp3) is 0.143. The molecule has 0 aliphatic rings. The first kappa shape index (κ1) is 14.3. The van der Waals surface area contributed by atoms with E-state index in [-0.39, 0.29) is 4.90 Å². The number of nitrogens with one attached hydrogen (secondary N) is 1. The first-order valence-corrected chi connectivity index (χ1v) is 6.94. The van der Waals surface area contributed by atoms with Crippen LogP contribution in [0.15, 0.2) is 65.7 Å². The van der Waals surface area contributed by atoms with E-state index in [1.807, 2.05) is 6.92 Å². The highest BCUT2D eigenvalue weighted by Crippen LogP contribution is 2.13. The quantitative estimate of drug-likeness (QED) is 0.830. The monoisotopic (exact) mass is 263 g/mol. The van der Waals surface area contributed by atoms with Crippen LogP contribution in [0.3, 0.4) is 0 Å². The fourth-order valence-corrected chi connectivity index (χ4v) is 2.46. The molecule has 0 saturated carbocycles. The predicted octanol–water partition coefficient (Wildman–Crippen LogP) is 2.92. The highest BCUT2D eigenvalue weighted by Gasteiger charge is 2.14. The van der Waals surface area contributed by atoms with Gasteiger partial charge in [-0.05, 0) is 37.6 Å². The highest BCUT2D eigenvalue weighted by molar-refractivity contribution is 7.89. The molecule has 0 aliphatic heterocycles. The third-order valence-electron chi connectivity index (χ3n) is 2.51. The maximum Gasteiger partial charge on any atom is 0.261 e. The summed E-state index contributed by atoms with van der Waals surface area (Å²) in [6, 6.07) is 6.65. The van der Waals surface area contributed by atoms with Crippen LogP contribution in [-0.4, -0.2) is 8.42 Å². The van der Waals surface area contributed by atoms with Crippen molar-refractivity contribution in [1.29, 1.82) is 0 Å². The van der Waals surface area contributed by atoms with Gasteiger partial charge in [0.1, 0.15) is 0 Å². The van der Waals surface area contributed by atoms with E-state index in [0.717, 1.165) is 11.1 Å². The van der Waals surface area contributed by atoms with Crippen molar-refractivity contribution in [2.24, 2.45) is 0 Å². The standard InChI is InChI=1S/C14H17NO2S/c1-5-12(4)14(6-2)15-18(16,17)13-9-7-11(3)8-10-13/h5-10,15H,1-2H2,3-4H3/b14-12+. The van der Waals surface area contributed by atoms with Gasteiger partial charge in [-0.2, -0.15) is 0 Å². The molecule has 1 aromatic rings. The number of benzene rings is 1. The molecule has 1 N–H and O–H groups in total. The second kappa shape index (κ2) is 5.69. The molecule has 0 aromatic heterocycles. The summed E-state index contributed by atoms with van der Waals surface area (Å²) in [5.41, 5.74) is 2.17. The Labute approximate surface area is 109 Å². The summed E-state index contributed by atoms with van der Waals surface area (Å²) in [6.45, 7) is 10.9. The van der Waals surface area contributed by atoms with Gasteiger partial charge >= 0.3 is 0 Å². The Kier molecular flexibility index (Phi) is 4.50. The zero-order valence-electron chi connectivity index (χ0n) is 10.6. The first-order valence-electron chi connectivity index (χ1n) is 5.46. The molecule has 0 atom stereocenters. The van der Waals surface area contributed by atoms with Crippen LogP contribution >= 0.6 is 0 Å². The minimum atomic E-state index is -3.57. The normalized spacial score (nSPS) is 12.6. The summed E-state index contributed by atoms with van der Waals surface area (Å²) in [4.78, 5) is 0.226. The molecule has 1 aromatic carbocycles. The van der Waals surface area contributed by atoms with E-state index in [2.05, 4.69) is 17.9 Å². The number of sulfonamides is 1. The third kappa shape index (κ3) is 3.34. The fourth-order valence-electron chi connectivity index (χ4n) is 1.31. The summed E-state index contributed by atoms with van der Waals surface area (Å²) in [5.74, 6) is 0. The van der Waals surface area contributed by atoms with Gasteiger partial charge < -0.3 is 0 Å². The van der Waals surface area contributed by atoms with Crippen LogP contribution in [-0.2, 0) is 10.0 Å². The van der Waals surface area contributed by atoms with Crippen LogP contribution in [0.1, 0.15) is 12.5 Å². The average Bonchev–Trinajstić information content (AvgIpc) is 2.35. The predicted molar refractivity (Wildman–Crippen MR) is 74.6 cm³/mol. The number of rotatable bonds is 5. The SMILES string of the molecule is C=C/C(C)=C(\C=C)NS(=O)(=O)c1ccc(C)cc1. The Hall–Kier alpha value is -1.81. The molecule has 0 fully saturated rings. The number of allylic oxidation sites excluding steroid dienone is 3. The zero-order chi connectivity index (χ0) is 13.8. The molecule has 0 saturated heterocycles. The van der Waals surface area contributed by atoms with Crippen LogP contribution in [0.25, 0.3) is 0 Å². The Bertz CT molecular complexity index is 581. The van der Waals surface area contributed by atoms with E-state index in [0.29, 0.717) is 5.70 Å². The van der Waals surface area contributed by atoms with Gasteiger partial charge in [0, 0.05) is 0 Å². The molecule has 4 heteroatoms. The van der Waals surface area contributed by atoms with E-state index < -0.39 is 10.0 Å². The molecule has 1 rings (SSSR count). The largest absolute Gasteiger partial charge is 0.279 e. The van der Waals surface area contributed by atoms with Crippen LogP contribution in [0.2, 0.25) is 0 Å². The maximum atomic E-state index is 12.1. The van der Waals surface area contributed by atoms with Gasteiger partial charge in [0.05, 0.1) is 10.6 Å². The Morgan fingerprint density at radius 2 is 1.72 bits per heavy atom. The topological polar surface area (TPSA) is 46.2 Å². The van der Waals surface area contributed by atoms with Crippen molar-refractivity contribution < 1.29 is 8.42 Å². The molecule has 18 heavy (non-hydrogen) atoms. The molecule has 0 heterocycles. The molecule has 0 amide bonds. The molecular formula is C14H17NO2S. The van der Waals surface area contributed by atoms with E-state index in [1.54, 1.807) is 37.3 Å². The van der Waals surface area contributed by atoms with Crippen molar-refractivity contribution >= 4 is 10.0 Å². The Balaban J connectivity index is 3.13. The summed E-state index contributed by atoms with van der Waals surface area (Å²) >= 11 is 0. The van der Waals surface area contributed by atoms with Gasteiger partial charge in [-0.15, -0.1) is 0 Å². The minimum absolute atomic E-state index is 0.226. The van der Waals surface area contributed by atoms with Gasteiger partial charge in [-0.1, -0.05) is 36.9 Å². The van der Waals surface area contributed by atoms with Crippen molar-refractivity contribution in [2.45, 2.75) is 18.7 Å². The minimum Gasteiger partial charge on any atom is -0.279 e. The lowest BCUT2D eigenvalue weighted by atomic mass is 10.2. The van der Waals surface area contributed by atoms with Crippen LogP contribution in [0.4, 0.5) is 0 Å². The van der Waals surface area contributed by atoms with Gasteiger partial charge in [0.15, 0.2) is 0 Å². The lowest BCUT2D eigenvalue weighted by Crippen LogP contribution is -2.23. The van der Waals surface area contributed by atoms with E-state index in [4.69, 9.17) is 0 Å². The van der Waals surface area contributed by atoms with Gasteiger partial charge in [0.25, 0.3) is 10.0 Å². The molecule has 0 spiro atoms. The van der Waals surface area contributed by atoms with Gasteiger partial charge in [0.2, 0.25) is 0 Å². The average molecular weight is 263 g/mol. The van der Waals surface area contributed by atoms with Crippen LogP contribution in [0, 0.1) is 6.92 Å². The molecule has 0 bridgehead atoms.